The Hall–Kier alpha value is -6.70. The molecule has 0 amide bonds. The van der Waals surface area contributed by atoms with Crippen molar-refractivity contribution in [3.63, 3.8) is 0 Å². The average Bonchev–Trinajstić information content (AvgIpc) is 3.22. The summed E-state index contributed by atoms with van der Waals surface area (Å²) in [6.45, 7) is 0. The molecule has 1 heteroatoms. The molecule has 9 rings (SSSR count). The fourth-order valence-corrected chi connectivity index (χ4v) is 7.32. The third-order valence-corrected chi connectivity index (χ3v) is 9.81. The van der Waals surface area contributed by atoms with Crippen molar-refractivity contribution in [1.82, 2.24) is 0 Å². The lowest BCUT2D eigenvalue weighted by molar-refractivity contribution is 1.28. The van der Waals surface area contributed by atoms with Crippen LogP contribution in [0.2, 0.25) is 0 Å². The molecule has 1 nitrogen and oxygen atoms in total. The van der Waals surface area contributed by atoms with Gasteiger partial charge in [-0.25, -0.2) is 0 Å². The lowest BCUT2D eigenvalue weighted by Crippen LogP contribution is -2.10. The van der Waals surface area contributed by atoms with Crippen molar-refractivity contribution in [3.05, 3.63) is 212 Å². The van der Waals surface area contributed by atoms with Gasteiger partial charge in [0.1, 0.15) is 0 Å². The molecule has 0 saturated heterocycles. The minimum Gasteiger partial charge on any atom is -0.310 e. The maximum atomic E-state index is 2.40. The topological polar surface area (TPSA) is 3.24 Å². The predicted molar refractivity (Wildman–Crippen MR) is 218 cm³/mol. The molecule has 0 spiro atoms. The van der Waals surface area contributed by atoms with Crippen LogP contribution in [0.1, 0.15) is 0 Å². The van der Waals surface area contributed by atoms with Crippen molar-refractivity contribution in [3.8, 4) is 44.5 Å². The quantitative estimate of drug-likeness (QED) is 0.155. The van der Waals surface area contributed by atoms with E-state index in [-0.39, 0.29) is 0 Å². The van der Waals surface area contributed by atoms with Crippen LogP contribution >= 0.6 is 0 Å². The maximum Gasteiger partial charge on any atom is 0.0473 e. The molecule has 0 saturated carbocycles. The van der Waals surface area contributed by atoms with E-state index in [9.17, 15) is 0 Å². The lowest BCUT2D eigenvalue weighted by Gasteiger charge is -2.27. The van der Waals surface area contributed by atoms with Gasteiger partial charge in [0.15, 0.2) is 0 Å². The van der Waals surface area contributed by atoms with E-state index < -0.39 is 0 Å². The molecule has 0 aliphatic rings. The minimum absolute atomic E-state index is 1.10. The minimum atomic E-state index is 1.10. The highest BCUT2D eigenvalue weighted by atomic mass is 15.1. The highest BCUT2D eigenvalue weighted by molar-refractivity contribution is 6.13. The second-order valence-corrected chi connectivity index (χ2v) is 13.0. The number of fused-ring (bicyclic) bond motifs is 3. The highest BCUT2D eigenvalue weighted by Gasteiger charge is 2.17. The number of hydrogen-bond donors (Lipinski definition) is 0. The first kappa shape index (κ1) is 30.4. The van der Waals surface area contributed by atoms with E-state index >= 15 is 0 Å². The van der Waals surface area contributed by atoms with E-state index in [1.54, 1.807) is 0 Å². The van der Waals surface area contributed by atoms with Crippen LogP contribution in [-0.4, -0.2) is 0 Å². The number of rotatable bonds is 7. The Bertz CT molecular complexity index is 2550. The predicted octanol–water partition coefficient (Wildman–Crippen LogP) is 14.1. The van der Waals surface area contributed by atoms with Crippen molar-refractivity contribution in [2.75, 3.05) is 4.90 Å². The largest absolute Gasteiger partial charge is 0.310 e. The summed E-state index contributed by atoms with van der Waals surface area (Å²) >= 11 is 0. The highest BCUT2D eigenvalue weighted by Crippen LogP contribution is 2.42. The summed E-state index contributed by atoms with van der Waals surface area (Å²) in [6.07, 6.45) is 0. The van der Waals surface area contributed by atoms with Crippen molar-refractivity contribution >= 4 is 38.6 Å². The fraction of sp³-hybridized carbons (Fsp3) is 0. The Labute approximate surface area is 299 Å². The molecule has 0 radical (unpaired) electrons. The molecule has 0 aliphatic carbocycles. The number of anilines is 3. The van der Waals surface area contributed by atoms with Gasteiger partial charge >= 0.3 is 0 Å². The molecule has 0 aromatic heterocycles. The molecule has 0 heterocycles. The first-order valence-electron chi connectivity index (χ1n) is 17.5. The molecule has 240 valence electrons. The van der Waals surface area contributed by atoms with E-state index in [4.69, 9.17) is 0 Å². The van der Waals surface area contributed by atoms with Gasteiger partial charge in [-0.1, -0.05) is 164 Å². The van der Waals surface area contributed by atoms with Gasteiger partial charge in [-0.05, 0) is 115 Å². The number of benzene rings is 9. The smallest absolute Gasteiger partial charge is 0.0473 e. The van der Waals surface area contributed by atoms with Crippen LogP contribution in [0.15, 0.2) is 212 Å². The van der Waals surface area contributed by atoms with Crippen molar-refractivity contribution in [1.29, 1.82) is 0 Å². The third kappa shape index (κ3) is 5.96. The second-order valence-electron chi connectivity index (χ2n) is 13.0. The Balaban J connectivity index is 1.23. The Morgan fingerprint density at radius 1 is 0.235 bits per heavy atom. The zero-order valence-electron chi connectivity index (χ0n) is 28.2. The number of nitrogens with zero attached hydrogens (tertiary/aromatic N) is 1. The van der Waals surface area contributed by atoms with Gasteiger partial charge in [-0.15, -0.1) is 0 Å². The molecule has 9 aromatic carbocycles. The normalized spacial score (nSPS) is 11.1. The lowest BCUT2D eigenvalue weighted by atomic mass is 9.93. The van der Waals surface area contributed by atoms with Gasteiger partial charge < -0.3 is 4.90 Å². The summed E-state index contributed by atoms with van der Waals surface area (Å²) in [5.74, 6) is 0. The van der Waals surface area contributed by atoms with Gasteiger partial charge in [0.05, 0.1) is 0 Å². The van der Waals surface area contributed by atoms with E-state index in [1.165, 1.54) is 66.1 Å². The molecular formula is C50H35N. The van der Waals surface area contributed by atoms with Crippen LogP contribution in [0.25, 0.3) is 66.1 Å². The Morgan fingerprint density at radius 3 is 1.35 bits per heavy atom. The Morgan fingerprint density at radius 2 is 0.725 bits per heavy atom. The van der Waals surface area contributed by atoms with Crippen molar-refractivity contribution in [2.24, 2.45) is 0 Å². The van der Waals surface area contributed by atoms with E-state index in [2.05, 4.69) is 217 Å². The maximum absolute atomic E-state index is 2.40. The van der Waals surface area contributed by atoms with Crippen LogP contribution in [0.3, 0.4) is 0 Å². The van der Waals surface area contributed by atoms with E-state index in [0.29, 0.717) is 0 Å². The summed E-state index contributed by atoms with van der Waals surface area (Å²) in [7, 11) is 0. The summed E-state index contributed by atoms with van der Waals surface area (Å²) in [5.41, 5.74) is 12.8. The van der Waals surface area contributed by atoms with Crippen LogP contribution in [0, 0.1) is 0 Å². The third-order valence-electron chi connectivity index (χ3n) is 9.81. The zero-order valence-corrected chi connectivity index (χ0v) is 28.2. The summed E-state index contributed by atoms with van der Waals surface area (Å²) in [5, 5.41) is 5.07. The summed E-state index contributed by atoms with van der Waals surface area (Å²) < 4.78 is 0. The van der Waals surface area contributed by atoms with Gasteiger partial charge in [0.25, 0.3) is 0 Å². The molecule has 0 unspecified atom stereocenters. The standard InChI is InChI=1S/C50H35N/c1-4-15-36(16-5-1)40-22-14-23-45(32-40)51(46-33-42(37-17-6-2-7-18-37)31-43(34-46)38-19-8-3-9-20-38)44-29-27-39(28-30-44)50-35-41-21-10-11-24-47(41)48-25-12-13-26-49(48)50/h1-35H. The first-order chi connectivity index (χ1) is 25.3. The summed E-state index contributed by atoms with van der Waals surface area (Å²) in [6, 6.07) is 76.7. The molecule has 0 N–H and O–H groups in total. The van der Waals surface area contributed by atoms with Crippen molar-refractivity contribution < 1.29 is 0 Å². The zero-order chi connectivity index (χ0) is 34.0. The molecule has 0 fully saturated rings. The molecular weight excluding hydrogens is 615 g/mol. The van der Waals surface area contributed by atoms with Crippen LogP contribution in [-0.2, 0) is 0 Å². The first-order valence-corrected chi connectivity index (χ1v) is 17.5. The van der Waals surface area contributed by atoms with Gasteiger partial charge in [-0.3, -0.25) is 0 Å². The van der Waals surface area contributed by atoms with Crippen molar-refractivity contribution in [2.45, 2.75) is 0 Å². The molecule has 0 aliphatic heterocycles. The number of hydrogen-bond acceptors (Lipinski definition) is 1. The fourth-order valence-electron chi connectivity index (χ4n) is 7.32. The van der Waals surface area contributed by atoms with Gasteiger partial charge in [0, 0.05) is 17.1 Å². The monoisotopic (exact) mass is 649 g/mol. The molecule has 9 aromatic rings. The Kier molecular flexibility index (Phi) is 7.92. The van der Waals surface area contributed by atoms with Gasteiger partial charge in [-0.2, -0.15) is 0 Å². The molecule has 0 atom stereocenters. The van der Waals surface area contributed by atoms with E-state index in [1.807, 2.05) is 0 Å². The van der Waals surface area contributed by atoms with Gasteiger partial charge in [0.2, 0.25) is 0 Å². The van der Waals surface area contributed by atoms with Crippen LogP contribution in [0.5, 0.6) is 0 Å². The second kappa shape index (κ2) is 13.3. The van der Waals surface area contributed by atoms with E-state index in [0.717, 1.165) is 17.1 Å². The molecule has 51 heavy (non-hydrogen) atoms. The summed E-state index contributed by atoms with van der Waals surface area (Å²) in [4.78, 5) is 2.40. The SMILES string of the molecule is c1ccc(-c2cccc(N(c3ccc(-c4cc5ccccc5c5ccccc45)cc3)c3cc(-c4ccccc4)cc(-c4ccccc4)c3)c2)cc1. The van der Waals surface area contributed by atoms with Crippen LogP contribution < -0.4 is 4.90 Å². The van der Waals surface area contributed by atoms with Crippen LogP contribution in [0.4, 0.5) is 17.1 Å². The average molecular weight is 650 g/mol. The molecule has 0 bridgehead atoms.